The standard InChI is InChI=1S/C15H15N3O4S/c1-4(19)22-11-15-8-5-6-7(5)10(15)18-13(21)16(2)12(20)17(18)9(6)14(8,15)3-23-11/h5-11H,3H2,1-2H3/t5-,6+,7+,8-,9-,10+,11-,14-,15-/m1/s1. The van der Waals surface area contributed by atoms with Crippen molar-refractivity contribution < 1.29 is 9.53 Å². The zero-order valence-corrected chi connectivity index (χ0v) is 13.4. The fraction of sp³-hybridized carbons (Fsp3) is 0.800. The van der Waals surface area contributed by atoms with Gasteiger partial charge in [-0.2, -0.15) is 0 Å². The Labute approximate surface area is 134 Å². The molecule has 7 aliphatic rings. The molecule has 8 heteroatoms. The van der Waals surface area contributed by atoms with Crippen molar-refractivity contribution in [1.29, 1.82) is 0 Å². The largest absolute Gasteiger partial charge is 0.451 e. The van der Waals surface area contributed by atoms with Gasteiger partial charge in [-0.15, -0.1) is 11.8 Å². The van der Waals surface area contributed by atoms with Gasteiger partial charge in [-0.1, -0.05) is 0 Å². The van der Waals surface area contributed by atoms with Crippen molar-refractivity contribution in [2.45, 2.75) is 24.4 Å². The summed E-state index contributed by atoms with van der Waals surface area (Å²) in [6.07, 6.45) is 0. The molecule has 0 unspecified atom stereocenters. The minimum absolute atomic E-state index is 0.0493. The highest BCUT2D eigenvalue weighted by Gasteiger charge is 3.06. The van der Waals surface area contributed by atoms with E-state index >= 15 is 0 Å². The van der Waals surface area contributed by atoms with Crippen molar-refractivity contribution in [3.8, 4) is 0 Å². The quantitative estimate of drug-likeness (QED) is 0.652. The third-order valence-corrected chi connectivity index (χ3v) is 9.41. The smallest absolute Gasteiger partial charge is 0.347 e. The van der Waals surface area contributed by atoms with E-state index < -0.39 is 0 Å². The number of carbonyl (C=O) groups is 1. The molecular weight excluding hydrogens is 318 g/mol. The molecule has 0 radical (unpaired) electrons. The lowest BCUT2D eigenvalue weighted by molar-refractivity contribution is -0.148. The third kappa shape index (κ3) is 0.776. The van der Waals surface area contributed by atoms with E-state index in [2.05, 4.69) is 0 Å². The van der Waals surface area contributed by atoms with Crippen LogP contribution in [0.3, 0.4) is 0 Å². The normalized spacial score (nSPS) is 57.2. The summed E-state index contributed by atoms with van der Waals surface area (Å²) in [7, 11) is 1.57. The van der Waals surface area contributed by atoms with E-state index in [1.54, 1.807) is 28.2 Å². The average molecular weight is 333 g/mol. The highest BCUT2D eigenvalue weighted by molar-refractivity contribution is 8.00. The molecule has 4 heterocycles. The van der Waals surface area contributed by atoms with Crippen LogP contribution in [0.2, 0.25) is 0 Å². The number of thioether (sulfide) groups is 1. The predicted molar refractivity (Wildman–Crippen MR) is 78.8 cm³/mol. The summed E-state index contributed by atoms with van der Waals surface area (Å²) in [5, 5.41) is 0. The second kappa shape index (κ2) is 2.85. The SMILES string of the molecule is CC(=O)O[C@@H]1SC[C@@]23[C@H]4[C@H]5[C@H]6[C@H]5[C@H]2n2c(=O)n(C)c(=O)n2[C@@H]6[C@@]143. The van der Waals surface area contributed by atoms with Crippen molar-refractivity contribution in [3.63, 3.8) is 0 Å². The molecule has 2 spiro atoms. The summed E-state index contributed by atoms with van der Waals surface area (Å²) in [6, 6.07) is 0.190. The second-order valence-electron chi connectivity index (χ2n) is 8.14. The van der Waals surface area contributed by atoms with E-state index in [4.69, 9.17) is 4.74 Å². The molecule has 1 saturated heterocycles. The van der Waals surface area contributed by atoms with Gasteiger partial charge >= 0.3 is 17.3 Å². The molecule has 0 N–H and O–H groups in total. The lowest BCUT2D eigenvalue weighted by atomic mass is 9.72. The van der Waals surface area contributed by atoms with Crippen LogP contribution in [0.15, 0.2) is 9.59 Å². The van der Waals surface area contributed by atoms with Crippen LogP contribution in [0.25, 0.3) is 0 Å². The number of hydrogen-bond donors (Lipinski definition) is 0. The number of carbonyl (C=O) groups excluding carboxylic acids is 1. The first-order chi connectivity index (χ1) is 11.0. The van der Waals surface area contributed by atoms with E-state index in [0.29, 0.717) is 23.7 Å². The molecule has 5 fully saturated rings. The van der Waals surface area contributed by atoms with Gasteiger partial charge in [-0.25, -0.2) is 23.5 Å². The zero-order chi connectivity index (χ0) is 15.6. The topological polar surface area (TPSA) is 75.2 Å². The monoisotopic (exact) mass is 333 g/mol. The Hall–Kier alpha value is -1.44. The van der Waals surface area contributed by atoms with Crippen LogP contribution in [-0.2, 0) is 16.6 Å². The van der Waals surface area contributed by atoms with Crippen LogP contribution in [0.1, 0.15) is 19.0 Å². The maximum absolute atomic E-state index is 12.7. The molecule has 23 heavy (non-hydrogen) atoms. The Morgan fingerprint density at radius 2 is 1.83 bits per heavy atom. The molecule has 2 bridgehead atoms. The van der Waals surface area contributed by atoms with Gasteiger partial charge in [0.1, 0.15) is 0 Å². The first kappa shape index (κ1) is 12.0. The van der Waals surface area contributed by atoms with Gasteiger partial charge in [0.05, 0.1) is 17.5 Å². The lowest BCUT2D eigenvalue weighted by Crippen LogP contribution is -2.54. The first-order valence-corrected chi connectivity index (χ1v) is 9.23. The highest BCUT2D eigenvalue weighted by atomic mass is 32.2. The zero-order valence-electron chi connectivity index (χ0n) is 12.6. The Kier molecular flexibility index (Phi) is 1.49. The maximum atomic E-state index is 12.7. The summed E-state index contributed by atoms with van der Waals surface area (Å²) in [5.74, 6) is 2.98. The first-order valence-electron chi connectivity index (χ1n) is 8.18. The van der Waals surface area contributed by atoms with Crippen molar-refractivity contribution >= 4 is 17.7 Å². The number of hydrogen-bond acceptors (Lipinski definition) is 5. The fourth-order valence-electron chi connectivity index (χ4n) is 7.80. The summed E-state index contributed by atoms with van der Waals surface area (Å²) in [6.45, 7) is 1.46. The Balaban J connectivity index is 1.55. The highest BCUT2D eigenvalue weighted by Crippen LogP contribution is 3.05. The van der Waals surface area contributed by atoms with Crippen LogP contribution in [0.4, 0.5) is 0 Å². The van der Waals surface area contributed by atoms with E-state index in [0.717, 1.165) is 5.75 Å². The number of aromatic nitrogens is 3. The number of rotatable bonds is 1. The van der Waals surface area contributed by atoms with E-state index in [-0.39, 0.29) is 45.7 Å². The maximum Gasteiger partial charge on any atom is 0.347 e. The Morgan fingerprint density at radius 1 is 1.17 bits per heavy atom. The molecule has 120 valence electrons. The van der Waals surface area contributed by atoms with Crippen molar-refractivity contribution in [2.24, 2.45) is 41.5 Å². The van der Waals surface area contributed by atoms with Crippen molar-refractivity contribution in [2.75, 3.05) is 5.75 Å². The van der Waals surface area contributed by atoms with E-state index in [1.807, 2.05) is 0 Å². The number of ether oxygens (including phenoxy) is 1. The molecule has 4 saturated carbocycles. The molecule has 9 atom stereocenters. The second-order valence-corrected chi connectivity index (χ2v) is 9.19. The van der Waals surface area contributed by atoms with Crippen LogP contribution in [-0.4, -0.2) is 31.1 Å². The van der Waals surface area contributed by atoms with Gasteiger partial charge in [0, 0.05) is 25.1 Å². The molecular formula is C15H15N3O4S. The minimum atomic E-state index is -0.246. The van der Waals surface area contributed by atoms with Gasteiger partial charge in [-0.3, -0.25) is 4.79 Å². The molecule has 0 amide bonds. The third-order valence-electron chi connectivity index (χ3n) is 7.98. The van der Waals surface area contributed by atoms with Crippen LogP contribution >= 0.6 is 11.8 Å². The lowest BCUT2D eigenvalue weighted by Gasteiger charge is -2.46. The fourth-order valence-corrected chi connectivity index (χ4v) is 9.81. The van der Waals surface area contributed by atoms with Gasteiger partial charge in [0.25, 0.3) is 0 Å². The summed E-state index contributed by atoms with van der Waals surface area (Å²) < 4.78 is 10.4. The molecule has 1 aromatic rings. The van der Waals surface area contributed by atoms with E-state index in [9.17, 15) is 14.4 Å². The number of nitrogens with zero attached hydrogens (tertiary/aromatic N) is 3. The minimum Gasteiger partial charge on any atom is -0.451 e. The Bertz CT molecular complexity index is 976. The summed E-state index contributed by atoms with van der Waals surface area (Å²) in [4.78, 5) is 36.9. The molecule has 8 rings (SSSR count). The van der Waals surface area contributed by atoms with Crippen LogP contribution in [0, 0.1) is 34.5 Å². The predicted octanol–water partition coefficient (Wildman–Crippen LogP) is -0.428. The summed E-state index contributed by atoms with van der Waals surface area (Å²) in [5.41, 5.74) is -0.532. The van der Waals surface area contributed by atoms with Gasteiger partial charge in [0.2, 0.25) is 0 Å². The molecule has 1 aromatic heterocycles. The summed E-state index contributed by atoms with van der Waals surface area (Å²) >= 11 is 1.72. The Morgan fingerprint density at radius 3 is 2.52 bits per heavy atom. The van der Waals surface area contributed by atoms with Gasteiger partial charge in [-0.05, 0) is 23.7 Å². The van der Waals surface area contributed by atoms with Gasteiger partial charge < -0.3 is 4.74 Å². The van der Waals surface area contributed by atoms with Gasteiger partial charge in [0.15, 0.2) is 5.44 Å². The molecule has 4 aliphatic carbocycles. The number of esters is 1. The van der Waals surface area contributed by atoms with E-state index in [1.165, 1.54) is 11.5 Å². The van der Waals surface area contributed by atoms with Crippen molar-refractivity contribution in [3.05, 3.63) is 21.0 Å². The molecule has 3 aliphatic heterocycles. The molecule has 0 aromatic carbocycles. The van der Waals surface area contributed by atoms with Crippen LogP contribution < -0.4 is 11.4 Å². The van der Waals surface area contributed by atoms with Crippen molar-refractivity contribution in [1.82, 2.24) is 13.9 Å². The molecule has 7 nitrogen and oxygen atoms in total. The average Bonchev–Trinajstić information content (AvgIpc) is 3.19. The van der Waals surface area contributed by atoms with Crippen LogP contribution in [0.5, 0.6) is 0 Å².